The number of hydrogen-bond donors (Lipinski definition) is 2. The smallest absolute Gasteiger partial charge is 0.248 e. The highest BCUT2D eigenvalue weighted by Gasteiger charge is 2.36. The molecule has 3 rings (SSSR count). The molecular weight excluding hydrogens is 352 g/mol. The van der Waals surface area contributed by atoms with Crippen LogP contribution in [0.5, 0.6) is 0 Å². The molecule has 150 valence electrons. The van der Waals surface area contributed by atoms with E-state index in [0.717, 1.165) is 12.1 Å². The molecule has 2 amide bonds. The second-order valence-electron chi connectivity index (χ2n) is 8.18. The number of carbonyl (C=O) groups excluding carboxylic acids is 2. The van der Waals surface area contributed by atoms with Crippen LogP contribution in [0.25, 0.3) is 0 Å². The predicted molar refractivity (Wildman–Crippen MR) is 109 cm³/mol. The Balaban J connectivity index is 1.50. The second kappa shape index (κ2) is 9.09. The van der Waals surface area contributed by atoms with Crippen LogP contribution in [0.3, 0.4) is 0 Å². The lowest BCUT2D eigenvalue weighted by molar-refractivity contribution is -0.123. The molecule has 1 heterocycles. The molecule has 2 fully saturated rings. The number of anilines is 1. The Morgan fingerprint density at radius 1 is 1.14 bits per heavy atom. The Morgan fingerprint density at radius 2 is 1.79 bits per heavy atom. The Kier molecular flexibility index (Phi) is 6.56. The van der Waals surface area contributed by atoms with Crippen molar-refractivity contribution in [3.63, 3.8) is 0 Å². The topological polar surface area (TPSA) is 99.2 Å². The first-order valence-electron chi connectivity index (χ1n) is 10.4. The van der Waals surface area contributed by atoms with E-state index in [1.54, 1.807) is 12.1 Å². The third kappa shape index (κ3) is 5.03. The van der Waals surface area contributed by atoms with Crippen LogP contribution in [0.2, 0.25) is 0 Å². The molecule has 1 aliphatic carbocycles. The zero-order valence-corrected chi connectivity index (χ0v) is 16.5. The van der Waals surface area contributed by atoms with E-state index in [-0.39, 0.29) is 5.91 Å². The number of rotatable bonds is 6. The Morgan fingerprint density at radius 3 is 2.36 bits per heavy atom. The van der Waals surface area contributed by atoms with Crippen LogP contribution in [-0.2, 0) is 4.79 Å². The SMILES string of the molecule is N#CC1(NC(=O)CCC2CCCCC2)CCN(c2ccc(C(N)=O)cc2)CC1. The maximum absolute atomic E-state index is 12.5. The highest BCUT2D eigenvalue weighted by Crippen LogP contribution is 2.29. The lowest BCUT2D eigenvalue weighted by Crippen LogP contribution is -2.54. The summed E-state index contributed by atoms with van der Waals surface area (Å²) in [7, 11) is 0. The molecule has 1 saturated heterocycles. The molecule has 0 spiro atoms. The molecule has 6 heteroatoms. The number of amides is 2. The number of carbonyl (C=O) groups is 2. The van der Waals surface area contributed by atoms with Gasteiger partial charge in [-0.3, -0.25) is 9.59 Å². The molecule has 0 bridgehead atoms. The van der Waals surface area contributed by atoms with Crippen molar-refractivity contribution in [2.24, 2.45) is 11.7 Å². The van der Waals surface area contributed by atoms with Gasteiger partial charge in [0, 0.05) is 43.6 Å². The number of primary amides is 1. The van der Waals surface area contributed by atoms with Crippen molar-refractivity contribution in [3.05, 3.63) is 29.8 Å². The zero-order valence-electron chi connectivity index (χ0n) is 16.5. The third-order valence-corrected chi connectivity index (χ3v) is 6.23. The van der Waals surface area contributed by atoms with E-state index in [0.29, 0.717) is 43.8 Å². The number of benzene rings is 1. The van der Waals surface area contributed by atoms with Crippen LogP contribution in [-0.4, -0.2) is 30.4 Å². The summed E-state index contributed by atoms with van der Waals surface area (Å²) >= 11 is 0. The molecule has 1 aromatic carbocycles. The zero-order chi connectivity index (χ0) is 20.0. The van der Waals surface area contributed by atoms with Crippen LogP contribution in [0, 0.1) is 17.2 Å². The lowest BCUT2D eigenvalue weighted by Gasteiger charge is -2.39. The van der Waals surface area contributed by atoms with E-state index in [1.165, 1.54) is 32.1 Å². The molecule has 0 radical (unpaired) electrons. The van der Waals surface area contributed by atoms with Crippen LogP contribution >= 0.6 is 0 Å². The van der Waals surface area contributed by atoms with Gasteiger partial charge in [-0.15, -0.1) is 0 Å². The summed E-state index contributed by atoms with van der Waals surface area (Å²) in [5, 5.41) is 12.8. The van der Waals surface area contributed by atoms with E-state index in [4.69, 9.17) is 5.73 Å². The molecule has 2 aliphatic rings. The fourth-order valence-electron chi connectivity index (χ4n) is 4.39. The Bertz CT molecular complexity index is 724. The van der Waals surface area contributed by atoms with Gasteiger partial charge in [-0.25, -0.2) is 0 Å². The van der Waals surface area contributed by atoms with Gasteiger partial charge in [-0.1, -0.05) is 32.1 Å². The molecule has 0 aromatic heterocycles. The minimum absolute atomic E-state index is 0.00591. The monoisotopic (exact) mass is 382 g/mol. The second-order valence-corrected chi connectivity index (χ2v) is 8.18. The van der Waals surface area contributed by atoms with E-state index < -0.39 is 11.4 Å². The normalized spacial score (nSPS) is 19.6. The van der Waals surface area contributed by atoms with E-state index >= 15 is 0 Å². The third-order valence-electron chi connectivity index (χ3n) is 6.23. The summed E-state index contributed by atoms with van der Waals surface area (Å²) in [6.45, 7) is 1.37. The van der Waals surface area contributed by atoms with E-state index in [9.17, 15) is 14.9 Å². The maximum Gasteiger partial charge on any atom is 0.248 e. The minimum Gasteiger partial charge on any atom is -0.371 e. The van der Waals surface area contributed by atoms with E-state index in [2.05, 4.69) is 16.3 Å². The number of piperidine rings is 1. The fraction of sp³-hybridized carbons (Fsp3) is 0.591. The number of nitrogens with two attached hydrogens (primary N) is 1. The van der Waals surface area contributed by atoms with Crippen LogP contribution in [0.1, 0.15) is 68.1 Å². The predicted octanol–water partition coefficient (Wildman–Crippen LogP) is 3.12. The maximum atomic E-state index is 12.5. The summed E-state index contributed by atoms with van der Waals surface area (Å²) < 4.78 is 0. The van der Waals surface area contributed by atoms with Crippen molar-refractivity contribution in [1.82, 2.24) is 5.32 Å². The van der Waals surface area contributed by atoms with Gasteiger partial charge < -0.3 is 16.0 Å². The van der Waals surface area contributed by atoms with Crippen molar-refractivity contribution < 1.29 is 9.59 Å². The van der Waals surface area contributed by atoms with Gasteiger partial charge in [0.05, 0.1) is 6.07 Å². The lowest BCUT2D eigenvalue weighted by atomic mass is 9.85. The number of nitrogens with zero attached hydrogens (tertiary/aromatic N) is 2. The first-order chi connectivity index (χ1) is 13.5. The Labute approximate surface area is 167 Å². The van der Waals surface area contributed by atoms with Crippen molar-refractivity contribution in [3.8, 4) is 6.07 Å². The molecule has 1 aliphatic heterocycles. The highest BCUT2D eigenvalue weighted by atomic mass is 16.2. The van der Waals surface area contributed by atoms with Gasteiger partial charge >= 0.3 is 0 Å². The summed E-state index contributed by atoms with van der Waals surface area (Å²) in [5.41, 5.74) is 6.00. The highest BCUT2D eigenvalue weighted by molar-refractivity contribution is 5.93. The minimum atomic E-state index is -0.771. The summed E-state index contributed by atoms with van der Waals surface area (Å²) in [4.78, 5) is 25.8. The quantitative estimate of drug-likeness (QED) is 0.789. The first-order valence-corrected chi connectivity index (χ1v) is 10.4. The van der Waals surface area contributed by atoms with Crippen molar-refractivity contribution in [1.29, 1.82) is 5.26 Å². The molecule has 6 nitrogen and oxygen atoms in total. The molecule has 1 aromatic rings. The fourth-order valence-corrected chi connectivity index (χ4v) is 4.39. The largest absolute Gasteiger partial charge is 0.371 e. The molecule has 1 saturated carbocycles. The molecular formula is C22H30N4O2. The summed E-state index contributed by atoms with van der Waals surface area (Å²) in [6, 6.07) is 9.56. The van der Waals surface area contributed by atoms with Gasteiger partial charge in [-0.05, 0) is 36.6 Å². The van der Waals surface area contributed by atoms with Crippen LogP contribution in [0.4, 0.5) is 5.69 Å². The average molecular weight is 383 g/mol. The Hall–Kier alpha value is -2.55. The molecule has 0 unspecified atom stereocenters. The van der Waals surface area contributed by atoms with Gasteiger partial charge in [0.15, 0.2) is 0 Å². The van der Waals surface area contributed by atoms with Crippen molar-refractivity contribution in [2.75, 3.05) is 18.0 Å². The van der Waals surface area contributed by atoms with Gasteiger partial charge in [-0.2, -0.15) is 5.26 Å². The van der Waals surface area contributed by atoms with Gasteiger partial charge in [0.1, 0.15) is 5.54 Å². The van der Waals surface area contributed by atoms with Crippen LogP contribution in [0.15, 0.2) is 24.3 Å². The van der Waals surface area contributed by atoms with Crippen LogP contribution < -0.4 is 16.0 Å². The average Bonchev–Trinajstić information content (AvgIpc) is 2.73. The first kappa shape index (κ1) is 20.2. The summed E-state index contributed by atoms with van der Waals surface area (Å²) in [5.74, 6) is 0.235. The molecule has 28 heavy (non-hydrogen) atoms. The number of hydrogen-bond acceptors (Lipinski definition) is 4. The molecule has 3 N–H and O–H groups in total. The van der Waals surface area contributed by atoms with Gasteiger partial charge in [0.2, 0.25) is 11.8 Å². The standard InChI is InChI=1S/C22H30N4O2/c23-16-22(25-20(27)11-6-17-4-2-1-3-5-17)12-14-26(15-13-22)19-9-7-18(8-10-19)21(24)28/h7-10,17H,1-6,11-15H2,(H2,24,28)(H,25,27). The van der Waals surface area contributed by atoms with Crippen molar-refractivity contribution in [2.45, 2.75) is 63.3 Å². The van der Waals surface area contributed by atoms with Crippen molar-refractivity contribution >= 4 is 17.5 Å². The van der Waals surface area contributed by atoms with Gasteiger partial charge in [0.25, 0.3) is 0 Å². The number of nitriles is 1. The van der Waals surface area contributed by atoms with E-state index in [1.807, 2.05) is 12.1 Å². The molecule has 0 atom stereocenters. The summed E-state index contributed by atoms with van der Waals surface area (Å²) in [6.07, 6.45) is 9.00. The number of nitrogens with one attached hydrogen (secondary N) is 1.